The van der Waals surface area contributed by atoms with Gasteiger partial charge in [-0.25, -0.2) is 4.79 Å². The van der Waals surface area contributed by atoms with E-state index in [2.05, 4.69) is 22.3 Å². The smallest absolute Gasteiger partial charge is 0.410 e. The highest BCUT2D eigenvalue weighted by Crippen LogP contribution is 2.24. The van der Waals surface area contributed by atoms with E-state index in [1.807, 2.05) is 46.0 Å². The molecule has 1 saturated heterocycles. The third-order valence-corrected chi connectivity index (χ3v) is 4.35. The molecule has 1 aromatic rings. The number of rotatable bonds is 2. The highest BCUT2D eigenvalue weighted by atomic mass is 32.1. The summed E-state index contributed by atoms with van der Waals surface area (Å²) in [5.74, 6) is 0. The molecule has 1 aromatic carbocycles. The lowest BCUT2D eigenvalue weighted by molar-refractivity contribution is 0.0207. The monoisotopic (exact) mass is 349 g/mol. The molecule has 0 spiro atoms. The lowest BCUT2D eigenvalue weighted by Gasteiger charge is -2.39. The van der Waals surface area contributed by atoms with E-state index in [1.165, 1.54) is 0 Å². The van der Waals surface area contributed by atoms with Crippen LogP contribution in [0.4, 0.5) is 10.5 Å². The van der Waals surface area contributed by atoms with Gasteiger partial charge < -0.3 is 19.9 Å². The summed E-state index contributed by atoms with van der Waals surface area (Å²) in [5, 5.41) is 3.78. The number of thiocarbonyl (C=S) groups is 1. The Kier molecular flexibility index (Phi) is 6.04. The molecule has 1 amide bonds. The number of ether oxygens (including phenoxy) is 1. The van der Waals surface area contributed by atoms with Crippen molar-refractivity contribution in [1.82, 2.24) is 10.2 Å². The van der Waals surface area contributed by atoms with Gasteiger partial charge in [0.05, 0.1) is 0 Å². The van der Waals surface area contributed by atoms with E-state index >= 15 is 0 Å². The first kappa shape index (κ1) is 18.5. The van der Waals surface area contributed by atoms with E-state index in [0.29, 0.717) is 18.2 Å². The van der Waals surface area contributed by atoms with Gasteiger partial charge in [0.15, 0.2) is 5.11 Å². The number of carbonyl (C=O) groups excluding carboxylic acids is 1. The van der Waals surface area contributed by atoms with Gasteiger partial charge in [0.2, 0.25) is 0 Å². The molecule has 1 N–H and O–H groups in total. The Morgan fingerprint density at radius 2 is 1.83 bits per heavy atom. The summed E-state index contributed by atoms with van der Waals surface area (Å²) < 4.78 is 5.46. The highest BCUT2D eigenvalue weighted by molar-refractivity contribution is 7.80. The minimum atomic E-state index is -0.461. The molecule has 2 rings (SSSR count). The van der Waals surface area contributed by atoms with Gasteiger partial charge in [0, 0.05) is 31.9 Å². The Morgan fingerprint density at radius 1 is 1.25 bits per heavy atom. The number of hydrogen-bond donors (Lipinski definition) is 1. The fourth-order valence-corrected chi connectivity index (χ4v) is 3.09. The van der Waals surface area contributed by atoms with E-state index in [1.54, 1.807) is 4.90 Å². The predicted molar refractivity (Wildman–Crippen MR) is 101 cm³/mol. The Hall–Kier alpha value is -1.82. The molecule has 0 radical (unpaired) electrons. The molecule has 0 bridgehead atoms. The van der Waals surface area contributed by atoms with Crippen LogP contribution in [0.2, 0.25) is 0 Å². The fraction of sp³-hybridized carbons (Fsp3) is 0.556. The van der Waals surface area contributed by atoms with Gasteiger partial charge in [-0.3, -0.25) is 0 Å². The highest BCUT2D eigenvalue weighted by Gasteiger charge is 2.30. The van der Waals surface area contributed by atoms with Crippen molar-refractivity contribution in [2.24, 2.45) is 0 Å². The number of nitrogens with zero attached hydrogens (tertiary/aromatic N) is 2. The molecule has 1 fully saturated rings. The van der Waals surface area contributed by atoms with Crippen LogP contribution in [-0.2, 0) is 4.74 Å². The third-order valence-electron chi connectivity index (χ3n) is 3.95. The quantitative estimate of drug-likeness (QED) is 0.829. The number of amides is 1. The van der Waals surface area contributed by atoms with Crippen molar-refractivity contribution < 1.29 is 9.53 Å². The largest absolute Gasteiger partial charge is 0.444 e. The van der Waals surface area contributed by atoms with Crippen molar-refractivity contribution in [3.8, 4) is 0 Å². The van der Waals surface area contributed by atoms with Gasteiger partial charge in [-0.1, -0.05) is 18.2 Å². The van der Waals surface area contributed by atoms with Crippen LogP contribution in [-0.4, -0.2) is 47.9 Å². The lowest BCUT2D eigenvalue weighted by atomic mass is 10.0. The summed E-state index contributed by atoms with van der Waals surface area (Å²) in [6, 6.07) is 10.4. The number of piperidine rings is 1. The summed E-state index contributed by atoms with van der Waals surface area (Å²) in [4.78, 5) is 16.1. The molecule has 5 nitrogen and oxygen atoms in total. The molecule has 24 heavy (non-hydrogen) atoms. The van der Waals surface area contributed by atoms with Crippen molar-refractivity contribution in [1.29, 1.82) is 0 Å². The molecular formula is C18H27N3O2S. The third kappa shape index (κ3) is 4.84. The SMILES string of the molecule is CNC(=S)N(c1ccccc1)C1CCN(C(=O)OC(C)(C)C)CC1. The number of hydrogen-bond acceptors (Lipinski definition) is 3. The van der Waals surface area contributed by atoms with Crippen molar-refractivity contribution in [3.63, 3.8) is 0 Å². The first-order valence-electron chi connectivity index (χ1n) is 8.36. The zero-order valence-corrected chi connectivity index (χ0v) is 15.7. The maximum Gasteiger partial charge on any atom is 0.410 e. The van der Waals surface area contributed by atoms with Crippen molar-refractivity contribution in [2.75, 3.05) is 25.0 Å². The lowest BCUT2D eigenvalue weighted by Crippen LogP contribution is -2.51. The Labute approximate surface area is 150 Å². The Balaban J connectivity index is 2.03. The second kappa shape index (κ2) is 7.83. The van der Waals surface area contributed by atoms with Gasteiger partial charge in [0.25, 0.3) is 0 Å². The maximum atomic E-state index is 12.2. The minimum absolute atomic E-state index is 0.233. The molecule has 0 aromatic heterocycles. The van der Waals surface area contributed by atoms with E-state index in [-0.39, 0.29) is 12.1 Å². The molecule has 0 aliphatic carbocycles. The van der Waals surface area contributed by atoms with Crippen LogP contribution in [0.5, 0.6) is 0 Å². The first-order valence-corrected chi connectivity index (χ1v) is 8.76. The number of anilines is 1. The zero-order valence-electron chi connectivity index (χ0n) is 14.9. The van der Waals surface area contributed by atoms with Crippen molar-refractivity contribution in [2.45, 2.75) is 45.3 Å². The van der Waals surface area contributed by atoms with Crippen molar-refractivity contribution in [3.05, 3.63) is 30.3 Å². The van der Waals surface area contributed by atoms with Crippen LogP contribution < -0.4 is 10.2 Å². The van der Waals surface area contributed by atoms with Gasteiger partial charge in [0.1, 0.15) is 5.60 Å². The van der Waals surface area contributed by atoms with E-state index in [4.69, 9.17) is 17.0 Å². The maximum absolute atomic E-state index is 12.2. The second-order valence-electron chi connectivity index (χ2n) is 6.96. The topological polar surface area (TPSA) is 44.8 Å². The van der Waals surface area contributed by atoms with Crippen LogP contribution in [0, 0.1) is 0 Å². The average Bonchev–Trinajstić information content (AvgIpc) is 2.55. The molecule has 0 unspecified atom stereocenters. The summed E-state index contributed by atoms with van der Waals surface area (Å²) >= 11 is 5.50. The van der Waals surface area contributed by atoms with Crippen LogP contribution in [0.3, 0.4) is 0 Å². The average molecular weight is 350 g/mol. The van der Waals surface area contributed by atoms with Gasteiger partial charge >= 0.3 is 6.09 Å². The summed E-state index contributed by atoms with van der Waals surface area (Å²) in [7, 11) is 1.84. The number of carbonyl (C=O) groups is 1. The molecule has 1 aliphatic rings. The van der Waals surface area contributed by atoms with E-state index in [0.717, 1.165) is 18.5 Å². The second-order valence-corrected chi connectivity index (χ2v) is 7.35. The summed E-state index contributed by atoms with van der Waals surface area (Å²) in [5.41, 5.74) is 0.616. The first-order chi connectivity index (χ1) is 11.3. The minimum Gasteiger partial charge on any atom is -0.444 e. The molecule has 0 atom stereocenters. The fourth-order valence-electron chi connectivity index (χ4n) is 2.84. The molecule has 132 valence electrons. The standard InChI is InChI=1S/C18H27N3O2S/c1-18(2,3)23-17(22)20-12-10-15(11-13-20)21(16(24)19-4)14-8-6-5-7-9-14/h5-9,15H,10-13H2,1-4H3,(H,19,24). The molecule has 0 saturated carbocycles. The van der Waals surface area contributed by atoms with Crippen LogP contribution in [0.1, 0.15) is 33.6 Å². The van der Waals surface area contributed by atoms with Crippen molar-refractivity contribution >= 4 is 29.1 Å². The number of likely N-dealkylation sites (tertiary alicyclic amines) is 1. The van der Waals surface area contributed by atoms with Crippen LogP contribution >= 0.6 is 12.2 Å². The zero-order chi connectivity index (χ0) is 17.7. The predicted octanol–water partition coefficient (Wildman–Crippen LogP) is 3.40. The van der Waals surface area contributed by atoms with Gasteiger partial charge in [-0.05, 0) is 58.0 Å². The molecule has 6 heteroatoms. The number of benzene rings is 1. The molecule has 1 aliphatic heterocycles. The van der Waals surface area contributed by atoms with Gasteiger partial charge in [-0.2, -0.15) is 0 Å². The Morgan fingerprint density at radius 3 is 2.33 bits per heavy atom. The van der Waals surface area contributed by atoms with Gasteiger partial charge in [-0.15, -0.1) is 0 Å². The molecular weight excluding hydrogens is 322 g/mol. The molecule has 1 heterocycles. The summed E-state index contributed by atoms with van der Waals surface area (Å²) in [6.45, 7) is 7.02. The number of nitrogens with one attached hydrogen (secondary N) is 1. The van der Waals surface area contributed by atoms with E-state index in [9.17, 15) is 4.79 Å². The summed E-state index contributed by atoms with van der Waals surface area (Å²) in [6.07, 6.45) is 1.48. The van der Waals surface area contributed by atoms with E-state index < -0.39 is 5.60 Å². The Bertz CT molecular complexity index is 563. The number of para-hydroxylation sites is 1. The van der Waals surface area contributed by atoms with Crippen LogP contribution in [0.15, 0.2) is 30.3 Å². The normalized spacial score (nSPS) is 15.8. The van der Waals surface area contributed by atoms with Crippen LogP contribution in [0.25, 0.3) is 0 Å².